The van der Waals surface area contributed by atoms with Gasteiger partial charge in [0.2, 0.25) is 0 Å². The van der Waals surface area contributed by atoms with Crippen LogP contribution in [0.4, 0.5) is 0 Å². The second-order valence-electron chi connectivity index (χ2n) is 7.92. The zero-order valence-corrected chi connectivity index (χ0v) is 20.5. The number of aliphatic hydroxyl groups is 1. The van der Waals surface area contributed by atoms with Gasteiger partial charge in [-0.25, -0.2) is 0 Å². The third-order valence-corrected chi connectivity index (χ3v) is 22.4. The summed E-state index contributed by atoms with van der Waals surface area (Å²) in [5.41, 5.74) is 0. The molecule has 0 spiro atoms. The second-order valence-corrected chi connectivity index (χ2v) is 21.2. The van der Waals surface area contributed by atoms with Gasteiger partial charge >= 0.3 is 158 Å². The van der Waals surface area contributed by atoms with Gasteiger partial charge < -0.3 is 0 Å². The molecule has 0 bridgehead atoms. The zero-order chi connectivity index (χ0) is 18.4. The Bertz CT molecular complexity index is 300. The molecule has 2 atom stereocenters. The van der Waals surface area contributed by atoms with Crippen molar-refractivity contribution in [3.05, 3.63) is 9.67 Å². The van der Waals surface area contributed by atoms with E-state index in [0.29, 0.717) is 5.92 Å². The summed E-state index contributed by atoms with van der Waals surface area (Å²) in [5, 5.41) is 10.4. The third kappa shape index (κ3) is 8.74. The van der Waals surface area contributed by atoms with Gasteiger partial charge in [0.15, 0.2) is 0 Å². The summed E-state index contributed by atoms with van der Waals surface area (Å²) in [6.45, 7) is 13.6. The van der Waals surface area contributed by atoms with E-state index in [1.807, 2.05) is 6.92 Å². The first-order valence-electron chi connectivity index (χ1n) is 10.9. The number of aliphatic hydroxyl groups excluding tert-OH is 1. The van der Waals surface area contributed by atoms with E-state index in [0.717, 1.165) is 0 Å². The van der Waals surface area contributed by atoms with E-state index in [1.54, 1.807) is 3.59 Å². The Labute approximate surface area is 157 Å². The van der Waals surface area contributed by atoms with E-state index in [9.17, 15) is 5.11 Å². The molecule has 0 saturated carbocycles. The molecule has 0 aromatic rings. The van der Waals surface area contributed by atoms with Gasteiger partial charge in [0.05, 0.1) is 0 Å². The summed E-state index contributed by atoms with van der Waals surface area (Å²) in [7, 11) is 0. The van der Waals surface area contributed by atoms with Crippen LogP contribution < -0.4 is 0 Å². The van der Waals surface area contributed by atoms with Crippen LogP contribution in [0.1, 0.15) is 99.3 Å². The average molecular weight is 445 g/mol. The van der Waals surface area contributed by atoms with Crippen molar-refractivity contribution < 1.29 is 5.11 Å². The molecule has 0 aliphatic carbocycles. The van der Waals surface area contributed by atoms with Crippen LogP contribution in [0, 0.1) is 5.92 Å². The van der Waals surface area contributed by atoms with E-state index >= 15 is 0 Å². The molecule has 0 heterocycles. The first kappa shape index (κ1) is 24.5. The molecule has 0 unspecified atom stereocenters. The van der Waals surface area contributed by atoms with Crippen LogP contribution in [0.5, 0.6) is 0 Å². The van der Waals surface area contributed by atoms with Crippen LogP contribution in [0.3, 0.4) is 0 Å². The fraction of sp³-hybridized carbons (Fsp3) is 0.909. The van der Waals surface area contributed by atoms with Gasteiger partial charge in [-0.15, -0.1) is 0 Å². The van der Waals surface area contributed by atoms with Gasteiger partial charge in [-0.3, -0.25) is 0 Å². The summed E-state index contributed by atoms with van der Waals surface area (Å²) in [6.07, 6.45) is 14.4. The summed E-state index contributed by atoms with van der Waals surface area (Å²) in [5.74, 6) is 0.378. The van der Waals surface area contributed by atoms with Gasteiger partial charge in [0.25, 0.3) is 0 Å². The van der Waals surface area contributed by atoms with Gasteiger partial charge in [-0.2, -0.15) is 0 Å². The van der Waals surface area contributed by atoms with Crippen molar-refractivity contribution in [3.63, 3.8) is 0 Å². The van der Waals surface area contributed by atoms with Crippen molar-refractivity contribution in [1.29, 1.82) is 0 Å². The third-order valence-electron chi connectivity index (χ3n) is 5.78. The van der Waals surface area contributed by atoms with Crippen LogP contribution in [0.2, 0.25) is 13.3 Å². The molecule has 0 rings (SSSR count). The second kappa shape index (κ2) is 14.6. The van der Waals surface area contributed by atoms with Crippen molar-refractivity contribution in [2.45, 2.75) is 119 Å². The van der Waals surface area contributed by atoms with Crippen molar-refractivity contribution >= 4 is 18.4 Å². The summed E-state index contributed by atoms with van der Waals surface area (Å²) in [4.78, 5) is 0. The monoisotopic (exact) mass is 446 g/mol. The molecule has 0 aromatic carbocycles. The molecule has 144 valence electrons. The van der Waals surface area contributed by atoms with E-state index in [1.165, 1.54) is 71.1 Å². The molecule has 0 fully saturated rings. The molecule has 0 aliphatic heterocycles. The predicted molar refractivity (Wildman–Crippen MR) is 113 cm³/mol. The van der Waals surface area contributed by atoms with E-state index < -0.39 is 18.4 Å². The molecule has 0 aliphatic rings. The molecule has 2 heteroatoms. The van der Waals surface area contributed by atoms with Crippen molar-refractivity contribution in [1.82, 2.24) is 0 Å². The molecule has 1 nitrogen and oxygen atoms in total. The van der Waals surface area contributed by atoms with Gasteiger partial charge in [-0.05, 0) is 0 Å². The molecule has 0 radical (unpaired) electrons. The van der Waals surface area contributed by atoms with E-state index in [-0.39, 0.29) is 6.10 Å². The van der Waals surface area contributed by atoms with E-state index in [2.05, 4.69) is 40.7 Å². The van der Waals surface area contributed by atoms with Crippen LogP contribution in [-0.4, -0.2) is 29.6 Å². The standard InChI is InChI=1S/C10H19O.3C4H9.Sn/c1-4-5-6-7-8-9(2)10(3)11;3*1-3-4-2;/h7,9-11H,4-6H2,1-3H3;3*1,3-4H2,2H3;/t9-,10-;;;;/m0..../s1. The topological polar surface area (TPSA) is 20.2 Å². The Balaban J connectivity index is 5.72. The Morgan fingerprint density at radius 3 is 1.54 bits per heavy atom. The minimum atomic E-state index is -2.38. The normalized spacial score (nSPS) is 15.5. The minimum absolute atomic E-state index is 0.196. The maximum atomic E-state index is 10.4. The fourth-order valence-corrected chi connectivity index (χ4v) is 22.5. The average Bonchev–Trinajstić information content (AvgIpc) is 2.58. The number of hydrogen-bond acceptors (Lipinski definition) is 1. The van der Waals surface area contributed by atoms with Gasteiger partial charge in [0.1, 0.15) is 0 Å². The summed E-state index contributed by atoms with van der Waals surface area (Å²) >= 11 is -2.38. The van der Waals surface area contributed by atoms with Crippen molar-refractivity contribution in [2.75, 3.05) is 0 Å². The molecular formula is C22H46OSn. The number of hydrogen-bond donors (Lipinski definition) is 1. The molecule has 0 amide bonds. The Hall–Kier alpha value is 0.499. The van der Waals surface area contributed by atoms with E-state index in [4.69, 9.17) is 0 Å². The van der Waals surface area contributed by atoms with Crippen LogP contribution in [0.25, 0.3) is 0 Å². The first-order chi connectivity index (χ1) is 11.5. The molecular weight excluding hydrogens is 399 g/mol. The van der Waals surface area contributed by atoms with Crippen LogP contribution in [-0.2, 0) is 0 Å². The van der Waals surface area contributed by atoms with Crippen LogP contribution in [0.15, 0.2) is 9.67 Å². The fourth-order valence-electron chi connectivity index (χ4n) is 3.96. The van der Waals surface area contributed by atoms with Crippen molar-refractivity contribution in [2.24, 2.45) is 5.92 Å². The Morgan fingerprint density at radius 1 is 0.792 bits per heavy atom. The molecule has 0 saturated heterocycles. The summed E-state index contributed by atoms with van der Waals surface area (Å²) in [6, 6.07) is 0. The quantitative estimate of drug-likeness (QED) is 0.204. The maximum absolute atomic E-state index is 10.4. The molecule has 1 N–H and O–H groups in total. The first-order valence-corrected chi connectivity index (χ1v) is 18.4. The molecule has 0 aromatic heterocycles. The summed E-state index contributed by atoms with van der Waals surface area (Å²) < 4.78 is 6.34. The Morgan fingerprint density at radius 2 is 1.21 bits per heavy atom. The van der Waals surface area contributed by atoms with Gasteiger partial charge in [0, 0.05) is 0 Å². The SMILES string of the molecule is CCCC/C=[C](/[C@H](C)[C@H](C)O)[Sn]([CH2]CCC)([CH2]CCC)[CH2]CCC. The number of allylic oxidation sites excluding steroid dienone is 1. The number of rotatable bonds is 15. The molecule has 24 heavy (non-hydrogen) atoms. The predicted octanol–water partition coefficient (Wildman–Crippen LogP) is 7.51. The number of unbranched alkanes of at least 4 members (excludes halogenated alkanes) is 5. The van der Waals surface area contributed by atoms with Crippen molar-refractivity contribution in [3.8, 4) is 0 Å². The zero-order valence-electron chi connectivity index (χ0n) is 17.7. The van der Waals surface area contributed by atoms with Crippen LogP contribution >= 0.6 is 0 Å². The van der Waals surface area contributed by atoms with Gasteiger partial charge in [-0.1, -0.05) is 0 Å². The Kier molecular flexibility index (Phi) is 14.9.